The summed E-state index contributed by atoms with van der Waals surface area (Å²) in [5, 5.41) is 12.1. The number of hydrogen-bond acceptors (Lipinski definition) is 9. The second-order valence-electron chi connectivity index (χ2n) is 8.43. The van der Waals surface area contributed by atoms with Gasteiger partial charge in [0.15, 0.2) is 0 Å². The minimum absolute atomic E-state index is 0.0731. The number of aliphatic hydroxyl groups is 1. The Morgan fingerprint density at radius 1 is 1.43 bits per heavy atom. The van der Waals surface area contributed by atoms with Crippen LogP contribution in [0.1, 0.15) is 47.3 Å². The van der Waals surface area contributed by atoms with E-state index in [1.54, 1.807) is 34.6 Å². The van der Waals surface area contributed by atoms with E-state index < -0.39 is 54.4 Å². The molecule has 2 rings (SSSR count). The smallest absolute Gasteiger partial charge is 0.408 e. The van der Waals surface area contributed by atoms with Crippen LogP contribution in [0.15, 0.2) is 17.1 Å². The van der Waals surface area contributed by atoms with E-state index in [2.05, 4.69) is 10.3 Å². The van der Waals surface area contributed by atoms with Crippen LogP contribution in [0.2, 0.25) is 0 Å². The maximum absolute atomic E-state index is 12.7. The zero-order valence-electron chi connectivity index (χ0n) is 17.8. The fourth-order valence-electron chi connectivity index (χ4n) is 2.96. The molecular formula is C19H30N4O7. The second kappa shape index (κ2) is 9.43. The van der Waals surface area contributed by atoms with Gasteiger partial charge in [0.2, 0.25) is 0 Å². The lowest BCUT2D eigenvalue weighted by Gasteiger charge is -2.26. The van der Waals surface area contributed by atoms with Gasteiger partial charge in [0, 0.05) is 12.6 Å². The van der Waals surface area contributed by atoms with Gasteiger partial charge in [-0.1, -0.05) is 13.8 Å². The summed E-state index contributed by atoms with van der Waals surface area (Å²) >= 11 is 0. The van der Waals surface area contributed by atoms with Gasteiger partial charge in [-0.05, 0) is 32.8 Å². The molecule has 0 unspecified atom stereocenters. The van der Waals surface area contributed by atoms with Gasteiger partial charge in [-0.3, -0.25) is 4.57 Å². The first-order valence-corrected chi connectivity index (χ1v) is 9.72. The molecule has 168 valence electrons. The molecular weight excluding hydrogens is 396 g/mol. The lowest BCUT2D eigenvalue weighted by Crippen LogP contribution is -2.48. The number of nitrogens with one attached hydrogen (secondary N) is 1. The molecule has 1 saturated heterocycles. The number of nitrogens with zero attached hydrogens (tertiary/aromatic N) is 2. The second-order valence-corrected chi connectivity index (χ2v) is 8.43. The first-order chi connectivity index (χ1) is 13.9. The summed E-state index contributed by atoms with van der Waals surface area (Å²) in [4.78, 5) is 40.5. The molecule has 0 aliphatic carbocycles. The van der Waals surface area contributed by atoms with Gasteiger partial charge in [-0.2, -0.15) is 4.98 Å². The molecule has 0 spiro atoms. The van der Waals surface area contributed by atoms with Gasteiger partial charge < -0.3 is 30.4 Å². The molecule has 1 aliphatic heterocycles. The number of esters is 1. The van der Waals surface area contributed by atoms with Crippen LogP contribution in [-0.2, 0) is 19.0 Å². The maximum atomic E-state index is 12.7. The number of carbonyl (C=O) groups is 2. The Bertz CT molecular complexity index is 818. The summed E-state index contributed by atoms with van der Waals surface area (Å²) in [6, 6.07) is 0.483. The topological polar surface area (TPSA) is 155 Å². The van der Waals surface area contributed by atoms with Crippen molar-refractivity contribution >= 4 is 17.9 Å². The predicted molar refractivity (Wildman–Crippen MR) is 106 cm³/mol. The van der Waals surface area contributed by atoms with Crippen molar-refractivity contribution in [2.24, 2.45) is 5.92 Å². The Morgan fingerprint density at radius 3 is 2.63 bits per heavy atom. The Kier molecular flexibility index (Phi) is 7.43. The highest BCUT2D eigenvalue weighted by molar-refractivity contribution is 5.81. The molecule has 0 bridgehead atoms. The third-order valence-corrected chi connectivity index (χ3v) is 4.38. The number of alkyl carbamates (subject to hydrolysis) is 1. The first kappa shape index (κ1) is 23.6. The molecule has 11 nitrogen and oxygen atoms in total. The van der Waals surface area contributed by atoms with Gasteiger partial charge in [-0.15, -0.1) is 0 Å². The fraction of sp³-hybridized carbons (Fsp3) is 0.684. The third kappa shape index (κ3) is 6.17. The van der Waals surface area contributed by atoms with E-state index in [-0.39, 0.29) is 18.2 Å². The van der Waals surface area contributed by atoms with Crippen molar-refractivity contribution in [2.45, 2.75) is 71.1 Å². The number of ether oxygens (including phenoxy) is 3. The molecule has 0 aromatic carbocycles. The minimum Gasteiger partial charge on any atom is -0.458 e. The van der Waals surface area contributed by atoms with E-state index >= 15 is 0 Å². The summed E-state index contributed by atoms with van der Waals surface area (Å²) in [5.74, 6) is -0.894. The number of nitrogen functional groups attached to an aromatic ring is 1. The van der Waals surface area contributed by atoms with E-state index in [4.69, 9.17) is 19.9 Å². The van der Waals surface area contributed by atoms with E-state index in [1.807, 2.05) is 0 Å². The molecule has 1 aromatic rings. The van der Waals surface area contributed by atoms with E-state index in [1.165, 1.54) is 16.8 Å². The van der Waals surface area contributed by atoms with Gasteiger partial charge in [0.1, 0.15) is 35.9 Å². The SMILES string of the molecule is CC(C)[C@H](NC(=O)OC(C)(C)C)C(=O)O[C@H]1C[C@H](n2ccc(N)nc2=O)O[C@@H]1CO. The number of hydrogen-bond donors (Lipinski definition) is 3. The van der Waals surface area contributed by atoms with E-state index in [0.29, 0.717) is 0 Å². The van der Waals surface area contributed by atoms with Crippen LogP contribution in [0.5, 0.6) is 0 Å². The third-order valence-electron chi connectivity index (χ3n) is 4.38. The van der Waals surface area contributed by atoms with Crippen LogP contribution in [0.4, 0.5) is 10.6 Å². The Labute approximate surface area is 174 Å². The number of nitrogens with two attached hydrogens (primary N) is 1. The van der Waals surface area contributed by atoms with Crippen molar-refractivity contribution < 1.29 is 28.9 Å². The molecule has 0 saturated carbocycles. The molecule has 1 aliphatic rings. The summed E-state index contributed by atoms with van der Waals surface area (Å²) in [5.41, 5.74) is 4.16. The predicted octanol–water partition coefficient (Wildman–Crippen LogP) is 0.566. The Balaban J connectivity index is 2.09. The van der Waals surface area contributed by atoms with Gasteiger partial charge >= 0.3 is 17.8 Å². The highest BCUT2D eigenvalue weighted by Gasteiger charge is 2.40. The van der Waals surface area contributed by atoms with Crippen LogP contribution >= 0.6 is 0 Å². The fourth-order valence-corrected chi connectivity index (χ4v) is 2.96. The molecule has 1 aromatic heterocycles. The molecule has 2 heterocycles. The van der Waals surface area contributed by atoms with Crippen molar-refractivity contribution in [1.82, 2.24) is 14.9 Å². The number of anilines is 1. The van der Waals surface area contributed by atoms with Crippen molar-refractivity contribution in [3.05, 3.63) is 22.7 Å². The summed E-state index contributed by atoms with van der Waals surface area (Å²) in [6.07, 6.45) is -1.63. The van der Waals surface area contributed by atoms with E-state index in [9.17, 15) is 19.5 Å². The van der Waals surface area contributed by atoms with Gasteiger partial charge in [0.05, 0.1) is 6.61 Å². The molecule has 1 fully saturated rings. The van der Waals surface area contributed by atoms with Gasteiger partial charge in [0.25, 0.3) is 0 Å². The van der Waals surface area contributed by atoms with Crippen molar-refractivity contribution in [3.8, 4) is 0 Å². The summed E-state index contributed by atoms with van der Waals surface area (Å²) < 4.78 is 17.6. The highest BCUT2D eigenvalue weighted by atomic mass is 16.6. The zero-order chi connectivity index (χ0) is 22.6. The minimum atomic E-state index is -0.959. The quantitative estimate of drug-likeness (QED) is 0.553. The summed E-state index contributed by atoms with van der Waals surface area (Å²) in [7, 11) is 0. The molecule has 4 atom stereocenters. The average molecular weight is 426 g/mol. The van der Waals surface area contributed by atoms with Crippen molar-refractivity contribution in [1.29, 1.82) is 0 Å². The van der Waals surface area contributed by atoms with Crippen LogP contribution in [-0.4, -0.2) is 57.2 Å². The number of aromatic nitrogens is 2. The van der Waals surface area contributed by atoms with Crippen LogP contribution in [0.3, 0.4) is 0 Å². The van der Waals surface area contributed by atoms with E-state index in [0.717, 1.165) is 0 Å². The normalized spacial score (nSPS) is 22.6. The van der Waals surface area contributed by atoms with Crippen LogP contribution < -0.4 is 16.7 Å². The standard InChI is InChI=1S/C19H30N4O7/c1-10(2)15(22-18(27)30-19(3,4)5)16(25)29-11-8-14(28-12(11)9-24)23-7-6-13(20)21-17(23)26/h6-7,10-12,14-15,24H,8-9H2,1-5H3,(H,22,27)(H2,20,21,26)/t11-,12+,14+,15-/m0/s1. The largest absolute Gasteiger partial charge is 0.458 e. The molecule has 1 amide bonds. The molecule has 11 heteroatoms. The molecule has 4 N–H and O–H groups in total. The molecule has 30 heavy (non-hydrogen) atoms. The Hall–Kier alpha value is -2.66. The monoisotopic (exact) mass is 426 g/mol. The van der Waals surface area contributed by atoms with Crippen molar-refractivity contribution in [3.63, 3.8) is 0 Å². The average Bonchev–Trinajstić information content (AvgIpc) is 3.00. The first-order valence-electron chi connectivity index (χ1n) is 9.72. The Morgan fingerprint density at radius 2 is 2.10 bits per heavy atom. The highest BCUT2D eigenvalue weighted by Crippen LogP contribution is 2.30. The number of aliphatic hydroxyl groups excluding tert-OH is 1. The number of amides is 1. The maximum Gasteiger partial charge on any atom is 0.408 e. The number of rotatable bonds is 6. The zero-order valence-corrected chi connectivity index (χ0v) is 17.8. The van der Waals surface area contributed by atoms with Crippen LogP contribution in [0.25, 0.3) is 0 Å². The lowest BCUT2D eigenvalue weighted by atomic mass is 10.0. The van der Waals surface area contributed by atoms with Crippen LogP contribution in [0, 0.1) is 5.92 Å². The summed E-state index contributed by atoms with van der Waals surface area (Å²) in [6.45, 7) is 8.22. The lowest BCUT2D eigenvalue weighted by molar-refractivity contribution is -0.156. The van der Waals surface area contributed by atoms with Gasteiger partial charge in [-0.25, -0.2) is 14.4 Å². The number of carbonyl (C=O) groups excluding carboxylic acids is 2. The van der Waals surface area contributed by atoms with Crippen molar-refractivity contribution in [2.75, 3.05) is 12.3 Å². The molecule has 0 radical (unpaired) electrons.